The Balaban J connectivity index is 1.53. The third-order valence-electron chi connectivity index (χ3n) is 4.65. The molecule has 0 fully saturated rings. The Morgan fingerprint density at radius 1 is 1.12 bits per heavy atom. The fraction of sp³-hybridized carbons (Fsp3) is 0.238. The number of hydrogen-bond donors (Lipinski definition) is 0. The largest absolute Gasteiger partial charge is 0.497 e. The Labute approximate surface area is 157 Å². The van der Waals surface area contributed by atoms with Gasteiger partial charge in [-0.1, -0.05) is 29.8 Å². The molecule has 0 saturated carbocycles. The van der Waals surface area contributed by atoms with Crippen LogP contribution in [0, 0.1) is 6.92 Å². The summed E-state index contributed by atoms with van der Waals surface area (Å²) in [6.45, 7) is 3.41. The summed E-state index contributed by atoms with van der Waals surface area (Å²) >= 11 is 1.69. The SMILES string of the molecule is COc1ccc(C(=O)N2CCc3nc(-c4ccc(C)cc4)sc3C2)cc1. The van der Waals surface area contributed by atoms with Gasteiger partial charge in [0.25, 0.3) is 5.91 Å². The summed E-state index contributed by atoms with van der Waals surface area (Å²) in [5.74, 6) is 0.816. The number of nitrogens with zero attached hydrogens (tertiary/aromatic N) is 2. The van der Waals surface area contributed by atoms with Crippen LogP contribution < -0.4 is 4.74 Å². The third-order valence-corrected chi connectivity index (χ3v) is 5.79. The lowest BCUT2D eigenvalue weighted by atomic mass is 10.1. The second-order valence-corrected chi connectivity index (χ2v) is 7.54. The van der Waals surface area contributed by atoms with Crippen molar-refractivity contribution in [1.82, 2.24) is 9.88 Å². The second kappa shape index (κ2) is 6.92. The molecule has 0 atom stereocenters. The van der Waals surface area contributed by atoms with Crippen molar-refractivity contribution in [3.05, 3.63) is 70.2 Å². The van der Waals surface area contributed by atoms with Crippen molar-refractivity contribution in [2.45, 2.75) is 19.9 Å². The number of amides is 1. The highest BCUT2D eigenvalue weighted by atomic mass is 32.1. The van der Waals surface area contributed by atoms with Crippen LogP contribution >= 0.6 is 11.3 Å². The number of carbonyl (C=O) groups is 1. The van der Waals surface area contributed by atoms with E-state index in [1.165, 1.54) is 10.4 Å². The minimum Gasteiger partial charge on any atom is -0.497 e. The van der Waals surface area contributed by atoms with E-state index in [9.17, 15) is 4.79 Å². The van der Waals surface area contributed by atoms with Gasteiger partial charge in [0.1, 0.15) is 10.8 Å². The van der Waals surface area contributed by atoms with Crippen molar-refractivity contribution in [3.63, 3.8) is 0 Å². The van der Waals surface area contributed by atoms with E-state index in [0.29, 0.717) is 18.7 Å². The molecule has 1 aliphatic rings. The summed E-state index contributed by atoms with van der Waals surface area (Å²) in [6, 6.07) is 15.7. The molecule has 1 aromatic heterocycles. The van der Waals surface area contributed by atoms with Crippen LogP contribution in [-0.2, 0) is 13.0 Å². The zero-order valence-electron chi connectivity index (χ0n) is 14.9. The zero-order valence-corrected chi connectivity index (χ0v) is 15.7. The maximum atomic E-state index is 12.8. The summed E-state index contributed by atoms with van der Waals surface area (Å²) in [4.78, 5) is 20.7. The summed E-state index contributed by atoms with van der Waals surface area (Å²) in [5.41, 5.74) is 4.20. The Bertz CT molecular complexity index is 930. The molecular formula is C21H20N2O2S. The molecule has 0 bridgehead atoms. The first kappa shape index (κ1) is 16.8. The summed E-state index contributed by atoms with van der Waals surface area (Å²) in [5, 5.41) is 1.04. The molecule has 4 nitrogen and oxygen atoms in total. The van der Waals surface area contributed by atoms with Crippen LogP contribution in [0.1, 0.15) is 26.5 Å². The van der Waals surface area contributed by atoms with Crippen molar-refractivity contribution in [2.75, 3.05) is 13.7 Å². The van der Waals surface area contributed by atoms with Crippen molar-refractivity contribution in [1.29, 1.82) is 0 Å². The van der Waals surface area contributed by atoms with Crippen LogP contribution in [0.25, 0.3) is 10.6 Å². The van der Waals surface area contributed by atoms with E-state index in [1.54, 1.807) is 18.4 Å². The first-order valence-electron chi connectivity index (χ1n) is 8.63. The fourth-order valence-corrected chi connectivity index (χ4v) is 4.23. The quantitative estimate of drug-likeness (QED) is 0.695. The number of carbonyl (C=O) groups excluding carboxylic acids is 1. The highest BCUT2D eigenvalue weighted by Crippen LogP contribution is 2.32. The number of aryl methyl sites for hydroxylation is 1. The molecule has 0 radical (unpaired) electrons. The molecule has 2 aromatic carbocycles. The molecule has 0 spiro atoms. The van der Waals surface area contributed by atoms with Crippen LogP contribution in [0.3, 0.4) is 0 Å². The Kier molecular flexibility index (Phi) is 4.47. The Hall–Kier alpha value is -2.66. The average Bonchev–Trinajstić information content (AvgIpc) is 3.11. The molecule has 3 aromatic rings. The topological polar surface area (TPSA) is 42.4 Å². The molecule has 1 aliphatic heterocycles. The highest BCUT2D eigenvalue weighted by Gasteiger charge is 2.25. The van der Waals surface area contributed by atoms with Crippen LogP contribution in [-0.4, -0.2) is 29.4 Å². The molecule has 0 unspecified atom stereocenters. The van der Waals surface area contributed by atoms with Crippen LogP contribution in [0.4, 0.5) is 0 Å². The maximum Gasteiger partial charge on any atom is 0.254 e. The minimum absolute atomic E-state index is 0.0589. The number of rotatable bonds is 3. The summed E-state index contributed by atoms with van der Waals surface area (Å²) in [7, 11) is 1.62. The standard InChI is InChI=1S/C21H20N2O2S/c1-14-3-5-15(6-4-14)20-22-18-11-12-23(13-19(18)26-20)21(24)16-7-9-17(25-2)10-8-16/h3-10H,11-13H2,1-2H3. The molecule has 0 aliphatic carbocycles. The molecule has 1 amide bonds. The first-order valence-corrected chi connectivity index (χ1v) is 9.44. The van der Waals surface area contributed by atoms with Crippen molar-refractivity contribution >= 4 is 17.2 Å². The van der Waals surface area contributed by atoms with Gasteiger partial charge in [-0.05, 0) is 31.2 Å². The van der Waals surface area contributed by atoms with E-state index in [1.807, 2.05) is 29.2 Å². The Morgan fingerprint density at radius 2 is 1.85 bits per heavy atom. The third kappa shape index (κ3) is 3.22. The van der Waals surface area contributed by atoms with E-state index < -0.39 is 0 Å². The monoisotopic (exact) mass is 364 g/mol. The molecular weight excluding hydrogens is 344 g/mol. The number of hydrogen-bond acceptors (Lipinski definition) is 4. The maximum absolute atomic E-state index is 12.8. The lowest BCUT2D eigenvalue weighted by molar-refractivity contribution is 0.0736. The van der Waals surface area contributed by atoms with Gasteiger partial charge in [0, 0.05) is 29.0 Å². The molecule has 0 saturated heterocycles. The number of ether oxygens (including phenoxy) is 1. The lowest BCUT2D eigenvalue weighted by Gasteiger charge is -2.26. The van der Waals surface area contributed by atoms with Crippen LogP contribution in [0.5, 0.6) is 5.75 Å². The fourth-order valence-electron chi connectivity index (χ4n) is 3.10. The van der Waals surface area contributed by atoms with Gasteiger partial charge in [0.15, 0.2) is 0 Å². The smallest absolute Gasteiger partial charge is 0.254 e. The van der Waals surface area contributed by atoms with E-state index in [-0.39, 0.29) is 5.91 Å². The Morgan fingerprint density at radius 3 is 2.54 bits per heavy atom. The predicted octanol–water partition coefficient (Wildman–Crippen LogP) is 4.33. The molecule has 0 N–H and O–H groups in total. The van der Waals surface area contributed by atoms with E-state index in [2.05, 4.69) is 31.2 Å². The molecule has 2 heterocycles. The van der Waals surface area contributed by atoms with E-state index in [4.69, 9.17) is 9.72 Å². The van der Waals surface area contributed by atoms with Gasteiger partial charge >= 0.3 is 0 Å². The minimum atomic E-state index is 0.0589. The number of methoxy groups -OCH3 is 1. The number of aromatic nitrogens is 1. The van der Waals surface area contributed by atoms with Crippen LogP contribution in [0.2, 0.25) is 0 Å². The van der Waals surface area contributed by atoms with Gasteiger partial charge < -0.3 is 9.64 Å². The molecule has 5 heteroatoms. The molecule has 4 rings (SSSR count). The van der Waals surface area contributed by atoms with E-state index in [0.717, 1.165) is 28.4 Å². The number of fused-ring (bicyclic) bond motifs is 1. The number of benzene rings is 2. The molecule has 132 valence electrons. The van der Waals surface area contributed by atoms with Crippen molar-refractivity contribution < 1.29 is 9.53 Å². The summed E-state index contributed by atoms with van der Waals surface area (Å²) in [6.07, 6.45) is 0.805. The average molecular weight is 364 g/mol. The zero-order chi connectivity index (χ0) is 18.1. The van der Waals surface area contributed by atoms with Gasteiger partial charge in [-0.25, -0.2) is 4.98 Å². The normalized spacial score (nSPS) is 13.4. The van der Waals surface area contributed by atoms with Gasteiger partial charge in [-0.3, -0.25) is 4.79 Å². The summed E-state index contributed by atoms with van der Waals surface area (Å²) < 4.78 is 5.16. The molecule has 26 heavy (non-hydrogen) atoms. The predicted molar refractivity (Wildman–Crippen MR) is 104 cm³/mol. The lowest BCUT2D eigenvalue weighted by Crippen LogP contribution is -2.35. The van der Waals surface area contributed by atoms with Gasteiger partial charge in [-0.15, -0.1) is 11.3 Å². The van der Waals surface area contributed by atoms with Gasteiger partial charge in [0.05, 0.1) is 19.3 Å². The number of thiazole rings is 1. The highest BCUT2D eigenvalue weighted by molar-refractivity contribution is 7.15. The first-order chi connectivity index (χ1) is 12.6. The van der Waals surface area contributed by atoms with E-state index >= 15 is 0 Å². The van der Waals surface area contributed by atoms with Gasteiger partial charge in [-0.2, -0.15) is 0 Å². The van der Waals surface area contributed by atoms with Crippen molar-refractivity contribution in [2.24, 2.45) is 0 Å². The second-order valence-electron chi connectivity index (χ2n) is 6.46. The van der Waals surface area contributed by atoms with Crippen LogP contribution in [0.15, 0.2) is 48.5 Å². The van der Waals surface area contributed by atoms with Crippen molar-refractivity contribution in [3.8, 4) is 16.3 Å². The van der Waals surface area contributed by atoms with Gasteiger partial charge in [0.2, 0.25) is 0 Å².